The van der Waals surface area contributed by atoms with Gasteiger partial charge in [-0.2, -0.15) is 5.06 Å². The lowest BCUT2D eigenvalue weighted by Gasteiger charge is -2.51. The Morgan fingerprint density at radius 2 is 1.58 bits per heavy atom. The van der Waals surface area contributed by atoms with Gasteiger partial charge in [0.25, 0.3) is 0 Å². The molecule has 1 saturated heterocycles. The summed E-state index contributed by atoms with van der Waals surface area (Å²) in [6.45, 7) is 13.5. The summed E-state index contributed by atoms with van der Waals surface area (Å²) in [6, 6.07) is 0. The van der Waals surface area contributed by atoms with E-state index in [2.05, 4.69) is 0 Å². The zero-order chi connectivity index (χ0) is 19.3. The fourth-order valence-electron chi connectivity index (χ4n) is 3.46. The molecule has 0 aromatic heterocycles. The van der Waals surface area contributed by atoms with E-state index in [1.165, 1.54) is 5.06 Å². The van der Waals surface area contributed by atoms with E-state index < -0.39 is 5.41 Å². The molecule has 0 aromatic rings. The van der Waals surface area contributed by atoms with E-state index in [-0.39, 0.29) is 35.0 Å². The summed E-state index contributed by atoms with van der Waals surface area (Å²) in [5.74, 6) is 0.252. The summed E-state index contributed by atoms with van der Waals surface area (Å²) in [7, 11) is 0. The second-order valence-electron chi connectivity index (χ2n) is 8.90. The predicted molar refractivity (Wildman–Crippen MR) is 92.6 cm³/mol. The molecule has 0 spiro atoms. The van der Waals surface area contributed by atoms with Crippen molar-refractivity contribution in [2.75, 3.05) is 0 Å². The summed E-state index contributed by atoms with van der Waals surface area (Å²) in [5.41, 5.74) is 11.1. The number of carbonyl (C=O) groups excluding carboxylic acids is 2. The average molecular weight is 340 g/mol. The van der Waals surface area contributed by atoms with Crippen LogP contribution in [0.1, 0.15) is 74.1 Å². The highest BCUT2D eigenvalue weighted by molar-refractivity contribution is 6.01. The van der Waals surface area contributed by atoms with Crippen molar-refractivity contribution in [1.29, 1.82) is 5.53 Å². The van der Waals surface area contributed by atoms with Gasteiger partial charge in [0.15, 0.2) is 0 Å². The Kier molecular flexibility index (Phi) is 7.62. The summed E-state index contributed by atoms with van der Waals surface area (Å²) in [5, 5.41) is 11.7. The number of hydrogen-bond acceptors (Lipinski definition) is 5. The second kappa shape index (κ2) is 8.10. The molecule has 24 heavy (non-hydrogen) atoms. The first kappa shape index (κ1) is 22.6. The van der Waals surface area contributed by atoms with Crippen molar-refractivity contribution in [3.05, 3.63) is 10.4 Å². The molecular weight excluding hydrogens is 308 g/mol. The molecule has 0 aliphatic carbocycles. The van der Waals surface area contributed by atoms with Gasteiger partial charge in [0.2, 0.25) is 0 Å². The van der Waals surface area contributed by atoms with E-state index in [1.54, 1.807) is 4.91 Å². The fourth-order valence-corrected chi connectivity index (χ4v) is 3.46. The van der Waals surface area contributed by atoms with E-state index >= 15 is 0 Å². The van der Waals surface area contributed by atoms with Crippen LogP contribution in [-0.2, 0) is 9.59 Å². The van der Waals surface area contributed by atoms with Crippen molar-refractivity contribution in [2.45, 2.75) is 85.2 Å². The number of nitrogens with zero attached hydrogens (tertiary/aromatic N) is 3. The monoisotopic (exact) mass is 340 g/mol. The third kappa shape index (κ3) is 6.59. The van der Waals surface area contributed by atoms with Gasteiger partial charge in [-0.15, -0.1) is 5.53 Å². The third-order valence-electron chi connectivity index (χ3n) is 4.43. The molecule has 0 aromatic carbocycles. The molecule has 1 heterocycles. The molecule has 7 nitrogen and oxygen atoms in total. The number of piperidine rings is 1. The Hall–Kier alpha value is -1.43. The summed E-state index contributed by atoms with van der Waals surface area (Å²) in [4.78, 5) is 25.9. The number of nitrogens with one attached hydrogen (secondary N) is 1. The Morgan fingerprint density at radius 1 is 1.21 bits per heavy atom. The molecule has 2 N–H and O–H groups in total. The van der Waals surface area contributed by atoms with Crippen molar-refractivity contribution in [3.63, 3.8) is 0 Å². The van der Waals surface area contributed by atoms with Crippen molar-refractivity contribution in [2.24, 2.45) is 11.3 Å². The van der Waals surface area contributed by atoms with Gasteiger partial charge in [-0.1, -0.05) is 20.8 Å². The summed E-state index contributed by atoms with van der Waals surface area (Å²) >= 11 is 0. The third-order valence-corrected chi connectivity index (χ3v) is 4.43. The van der Waals surface area contributed by atoms with Crippen LogP contribution in [0.2, 0.25) is 0 Å². The normalized spacial score (nSPS) is 20.5. The first-order chi connectivity index (χ1) is 10.7. The molecule has 7 heteroatoms. The van der Waals surface area contributed by atoms with Gasteiger partial charge in [0.1, 0.15) is 11.6 Å². The van der Waals surface area contributed by atoms with Crippen LogP contribution < -0.4 is 0 Å². The van der Waals surface area contributed by atoms with Gasteiger partial charge in [-0.3, -0.25) is 9.59 Å². The smallest absolute Gasteiger partial charge is 0.145 e. The number of hydrogen-bond donors (Lipinski definition) is 2. The molecular formula is C17H32N4O3. The zero-order valence-corrected chi connectivity index (χ0v) is 16.0. The van der Waals surface area contributed by atoms with Gasteiger partial charge >= 0.3 is 0 Å². The maximum absolute atomic E-state index is 12.2. The highest BCUT2D eigenvalue weighted by atomic mass is 16.5. The number of Topliss-reactive ketones (excluding diaryl/α,β-unsaturated/α-hetero) is 2. The van der Waals surface area contributed by atoms with E-state index in [4.69, 9.17) is 11.1 Å². The summed E-state index contributed by atoms with van der Waals surface area (Å²) in [6.07, 6.45) is 2.00. The maximum atomic E-state index is 12.2. The van der Waals surface area contributed by atoms with E-state index in [0.29, 0.717) is 6.42 Å². The van der Waals surface area contributed by atoms with Crippen LogP contribution in [0, 0.1) is 16.9 Å². The molecule has 1 aliphatic rings. The number of carbonyl (C=O) groups is 2. The lowest BCUT2D eigenvalue weighted by atomic mass is 9.73. The molecule has 0 unspecified atom stereocenters. The molecule has 0 saturated carbocycles. The Morgan fingerprint density at radius 3 is 1.92 bits per heavy atom. The van der Waals surface area contributed by atoms with Crippen molar-refractivity contribution < 1.29 is 14.8 Å². The van der Waals surface area contributed by atoms with Gasteiger partial charge in [0, 0.05) is 22.9 Å². The van der Waals surface area contributed by atoms with Crippen LogP contribution in [0.3, 0.4) is 0 Å². The molecule has 0 radical (unpaired) electrons. The van der Waals surface area contributed by atoms with Gasteiger partial charge in [-0.05, 0) is 56.9 Å². The SMILES string of the molecule is CC(C)(C)C(=O)CC(=O)CC1CC(C)(C)N(O)C(C)(C)C1.[N-]=[N+]=N. The lowest BCUT2D eigenvalue weighted by Crippen LogP contribution is -2.59. The topological polar surface area (TPSA) is 118 Å². The van der Waals surface area contributed by atoms with E-state index in [9.17, 15) is 14.8 Å². The lowest BCUT2D eigenvalue weighted by molar-refractivity contribution is -0.251. The van der Waals surface area contributed by atoms with Crippen molar-refractivity contribution in [1.82, 2.24) is 5.06 Å². The van der Waals surface area contributed by atoms with Crippen LogP contribution in [-0.4, -0.2) is 32.9 Å². The van der Waals surface area contributed by atoms with Crippen molar-refractivity contribution in [3.8, 4) is 0 Å². The molecule has 0 amide bonds. The molecule has 0 atom stereocenters. The molecule has 1 aliphatic heterocycles. The average Bonchev–Trinajstić information content (AvgIpc) is 2.34. The zero-order valence-electron chi connectivity index (χ0n) is 16.0. The fraction of sp³-hybridized carbons (Fsp3) is 0.882. The van der Waals surface area contributed by atoms with E-state index in [0.717, 1.165) is 12.8 Å². The van der Waals surface area contributed by atoms with Gasteiger partial charge in [0.05, 0.1) is 6.42 Å². The van der Waals surface area contributed by atoms with Crippen LogP contribution in [0.25, 0.3) is 10.4 Å². The quantitative estimate of drug-likeness (QED) is 0.339. The highest BCUT2D eigenvalue weighted by Gasteiger charge is 2.45. The molecule has 1 fully saturated rings. The molecule has 1 rings (SSSR count). The minimum absolute atomic E-state index is 0.00520. The molecule has 138 valence electrons. The molecule has 0 bridgehead atoms. The summed E-state index contributed by atoms with van der Waals surface area (Å²) < 4.78 is 0. The number of hydroxylamine groups is 2. The Balaban J connectivity index is 0.00000163. The number of rotatable bonds is 4. The predicted octanol–water partition coefficient (Wildman–Crippen LogP) is 4.48. The minimum Gasteiger partial charge on any atom is -0.313 e. The first-order valence-electron chi connectivity index (χ1n) is 8.22. The van der Waals surface area contributed by atoms with Crippen LogP contribution in [0.15, 0.2) is 0 Å². The van der Waals surface area contributed by atoms with Gasteiger partial charge < -0.3 is 5.21 Å². The van der Waals surface area contributed by atoms with Gasteiger partial charge in [-0.25, -0.2) is 0 Å². The second-order valence-corrected chi connectivity index (χ2v) is 8.90. The maximum Gasteiger partial charge on any atom is 0.145 e. The van der Waals surface area contributed by atoms with Crippen LogP contribution >= 0.6 is 0 Å². The van der Waals surface area contributed by atoms with E-state index in [1.807, 2.05) is 48.5 Å². The largest absolute Gasteiger partial charge is 0.313 e. The Bertz CT molecular complexity index is 482. The Labute approximate surface area is 144 Å². The minimum atomic E-state index is -0.456. The van der Waals surface area contributed by atoms with Crippen LogP contribution in [0.5, 0.6) is 0 Å². The number of ketones is 2. The highest BCUT2D eigenvalue weighted by Crippen LogP contribution is 2.41. The first-order valence-corrected chi connectivity index (χ1v) is 8.22. The van der Waals surface area contributed by atoms with Crippen LogP contribution in [0.4, 0.5) is 0 Å². The van der Waals surface area contributed by atoms with Crippen molar-refractivity contribution >= 4 is 11.6 Å². The standard InChI is InChI=1S/C17H31NO3.HN3/c1-15(2,3)14(20)9-13(19)8-12-10-16(4,5)18(21)17(6,7)11-12;1-3-2/h12,21H,8-11H2,1-7H3;1H.